The molecule has 0 saturated carbocycles. The molecular weight excluding hydrogens is 378 g/mol. The van der Waals surface area contributed by atoms with Gasteiger partial charge in [-0.15, -0.1) is 0 Å². The van der Waals surface area contributed by atoms with Crippen LogP contribution in [-0.2, 0) is 0 Å². The second-order valence-electron chi connectivity index (χ2n) is 6.73. The lowest BCUT2D eigenvalue weighted by Gasteiger charge is -2.09. The monoisotopic (exact) mass is 393 g/mol. The lowest BCUT2D eigenvalue weighted by molar-refractivity contribution is 1.18. The van der Waals surface area contributed by atoms with Crippen LogP contribution in [0.1, 0.15) is 0 Å². The summed E-state index contributed by atoms with van der Waals surface area (Å²) in [5, 5.41) is 1.28. The van der Waals surface area contributed by atoms with Crippen LogP contribution in [0.15, 0.2) is 97.2 Å². The third-order valence-electron chi connectivity index (χ3n) is 4.90. The first-order chi connectivity index (χ1) is 14.3. The second kappa shape index (κ2) is 7.46. The molecule has 2 heterocycles. The Morgan fingerprint density at radius 2 is 1.28 bits per heavy atom. The zero-order valence-corrected chi connectivity index (χ0v) is 16.2. The van der Waals surface area contributed by atoms with E-state index in [4.69, 9.17) is 11.6 Å². The summed E-state index contributed by atoms with van der Waals surface area (Å²) >= 11 is 6.29. The molecule has 0 fully saturated rings. The Morgan fingerprint density at radius 1 is 0.586 bits per heavy atom. The van der Waals surface area contributed by atoms with E-state index in [0.717, 1.165) is 39.0 Å². The molecule has 0 aliphatic rings. The third kappa shape index (κ3) is 3.48. The Morgan fingerprint density at radius 3 is 2.10 bits per heavy atom. The van der Waals surface area contributed by atoms with Crippen LogP contribution in [0.25, 0.3) is 44.5 Å². The normalized spacial score (nSPS) is 10.9. The number of para-hydroxylation sites is 1. The summed E-state index contributed by atoms with van der Waals surface area (Å²) < 4.78 is 0. The number of aromatic nitrogens is 3. The molecule has 0 aliphatic carbocycles. The van der Waals surface area contributed by atoms with Gasteiger partial charge in [-0.05, 0) is 34.9 Å². The maximum Gasteiger partial charge on any atom is 0.223 e. The van der Waals surface area contributed by atoms with Gasteiger partial charge >= 0.3 is 0 Å². The Balaban J connectivity index is 1.58. The van der Waals surface area contributed by atoms with E-state index in [-0.39, 0.29) is 5.28 Å². The molecule has 5 rings (SSSR count). The van der Waals surface area contributed by atoms with E-state index in [9.17, 15) is 0 Å². The maximum absolute atomic E-state index is 6.29. The van der Waals surface area contributed by atoms with Crippen molar-refractivity contribution in [2.24, 2.45) is 0 Å². The fourth-order valence-electron chi connectivity index (χ4n) is 3.48. The zero-order valence-electron chi connectivity index (χ0n) is 15.5. The predicted octanol–water partition coefficient (Wildman–Crippen LogP) is 6.68. The summed E-state index contributed by atoms with van der Waals surface area (Å²) in [5.41, 5.74) is 6.72. The molecule has 3 nitrogen and oxygen atoms in total. The molecule has 0 bridgehead atoms. The van der Waals surface area contributed by atoms with Crippen molar-refractivity contribution in [3.05, 3.63) is 102 Å². The van der Waals surface area contributed by atoms with E-state index in [2.05, 4.69) is 51.4 Å². The lowest BCUT2D eigenvalue weighted by Crippen LogP contribution is -1.93. The molecule has 0 radical (unpaired) electrons. The van der Waals surface area contributed by atoms with E-state index in [1.165, 1.54) is 5.56 Å². The number of nitrogens with zero attached hydrogens (tertiary/aromatic N) is 3. The molecule has 0 unspecified atom stereocenters. The first kappa shape index (κ1) is 17.5. The smallest absolute Gasteiger partial charge is 0.223 e. The molecule has 5 aromatic rings. The molecular formula is C25H16ClN3. The van der Waals surface area contributed by atoms with Gasteiger partial charge in [-0.2, -0.15) is 0 Å². The minimum absolute atomic E-state index is 0.220. The Hall–Kier alpha value is -3.56. The molecule has 0 aliphatic heterocycles. The molecule has 138 valence electrons. The fourth-order valence-corrected chi connectivity index (χ4v) is 3.66. The van der Waals surface area contributed by atoms with Crippen molar-refractivity contribution in [3.8, 4) is 33.6 Å². The van der Waals surface area contributed by atoms with Crippen LogP contribution in [0.4, 0.5) is 0 Å². The van der Waals surface area contributed by atoms with Crippen LogP contribution in [0.3, 0.4) is 0 Å². The molecule has 2 aromatic heterocycles. The summed E-state index contributed by atoms with van der Waals surface area (Å²) in [6, 6.07) is 30.6. The van der Waals surface area contributed by atoms with Gasteiger partial charge in [0.2, 0.25) is 5.28 Å². The number of rotatable bonds is 3. The van der Waals surface area contributed by atoms with Crippen LogP contribution in [-0.4, -0.2) is 15.0 Å². The highest BCUT2D eigenvalue weighted by Gasteiger charge is 2.11. The molecule has 3 aromatic carbocycles. The highest BCUT2D eigenvalue weighted by Crippen LogP contribution is 2.30. The number of fused-ring (bicyclic) bond motifs is 1. The summed E-state index contributed by atoms with van der Waals surface area (Å²) in [6.07, 6.45) is 1.79. The van der Waals surface area contributed by atoms with Crippen molar-refractivity contribution in [1.29, 1.82) is 0 Å². The van der Waals surface area contributed by atoms with Crippen molar-refractivity contribution in [2.75, 3.05) is 0 Å². The molecule has 0 N–H and O–H groups in total. The van der Waals surface area contributed by atoms with Gasteiger partial charge in [-0.1, -0.05) is 78.9 Å². The van der Waals surface area contributed by atoms with Gasteiger partial charge in [-0.25, -0.2) is 9.97 Å². The van der Waals surface area contributed by atoms with Gasteiger partial charge in [-0.3, -0.25) is 4.98 Å². The lowest BCUT2D eigenvalue weighted by atomic mass is 10.0. The Bertz CT molecular complexity index is 1290. The van der Waals surface area contributed by atoms with E-state index >= 15 is 0 Å². The predicted molar refractivity (Wildman–Crippen MR) is 119 cm³/mol. The maximum atomic E-state index is 6.29. The summed E-state index contributed by atoms with van der Waals surface area (Å²) in [7, 11) is 0. The first-order valence-corrected chi connectivity index (χ1v) is 9.70. The van der Waals surface area contributed by atoms with Crippen molar-refractivity contribution >= 4 is 22.5 Å². The topological polar surface area (TPSA) is 38.7 Å². The van der Waals surface area contributed by atoms with E-state index in [1.807, 2.05) is 54.6 Å². The van der Waals surface area contributed by atoms with Gasteiger partial charge < -0.3 is 0 Å². The number of halogens is 1. The molecule has 0 spiro atoms. The van der Waals surface area contributed by atoms with Crippen molar-refractivity contribution in [1.82, 2.24) is 15.0 Å². The van der Waals surface area contributed by atoms with Crippen LogP contribution < -0.4 is 0 Å². The van der Waals surface area contributed by atoms with Gasteiger partial charge in [0.1, 0.15) is 0 Å². The summed E-state index contributed by atoms with van der Waals surface area (Å²) in [6.45, 7) is 0. The second-order valence-corrected chi connectivity index (χ2v) is 7.07. The minimum atomic E-state index is 0.220. The van der Waals surface area contributed by atoms with E-state index in [0.29, 0.717) is 0 Å². The number of hydrogen-bond acceptors (Lipinski definition) is 3. The van der Waals surface area contributed by atoms with Crippen LogP contribution in [0.5, 0.6) is 0 Å². The van der Waals surface area contributed by atoms with Crippen molar-refractivity contribution in [3.63, 3.8) is 0 Å². The standard InChI is InChI=1S/C25H16ClN3/c26-25-28-22(19-13-11-18(12-14-19)17-6-2-1-3-7-17)16-23(29-25)21-10-4-8-20-9-5-15-27-24(20)21/h1-16H. The van der Waals surface area contributed by atoms with Gasteiger partial charge in [0.25, 0.3) is 0 Å². The largest absolute Gasteiger partial charge is 0.256 e. The number of pyridine rings is 1. The zero-order chi connectivity index (χ0) is 19.6. The first-order valence-electron chi connectivity index (χ1n) is 9.32. The van der Waals surface area contributed by atoms with Crippen LogP contribution in [0.2, 0.25) is 5.28 Å². The Labute approximate surface area is 173 Å². The third-order valence-corrected chi connectivity index (χ3v) is 5.06. The van der Waals surface area contributed by atoms with Crippen molar-refractivity contribution < 1.29 is 0 Å². The number of benzene rings is 3. The molecule has 0 atom stereocenters. The average Bonchev–Trinajstić information content (AvgIpc) is 2.79. The highest BCUT2D eigenvalue weighted by atomic mass is 35.5. The fraction of sp³-hybridized carbons (Fsp3) is 0. The minimum Gasteiger partial charge on any atom is -0.256 e. The Kier molecular flexibility index (Phi) is 4.51. The average molecular weight is 394 g/mol. The van der Waals surface area contributed by atoms with E-state index in [1.54, 1.807) is 6.20 Å². The summed E-state index contributed by atoms with van der Waals surface area (Å²) in [5.74, 6) is 0. The van der Waals surface area contributed by atoms with Crippen LogP contribution >= 0.6 is 11.6 Å². The molecule has 0 saturated heterocycles. The van der Waals surface area contributed by atoms with Gasteiger partial charge in [0, 0.05) is 22.7 Å². The molecule has 4 heteroatoms. The number of hydrogen-bond donors (Lipinski definition) is 0. The quantitative estimate of drug-likeness (QED) is 0.321. The SMILES string of the molecule is Clc1nc(-c2ccc(-c3ccccc3)cc2)cc(-c2cccc3cccnc23)n1. The van der Waals surface area contributed by atoms with E-state index < -0.39 is 0 Å². The van der Waals surface area contributed by atoms with Gasteiger partial charge in [0.15, 0.2) is 0 Å². The molecule has 0 amide bonds. The van der Waals surface area contributed by atoms with Crippen LogP contribution in [0, 0.1) is 0 Å². The molecule has 29 heavy (non-hydrogen) atoms. The van der Waals surface area contributed by atoms with Crippen molar-refractivity contribution in [2.45, 2.75) is 0 Å². The van der Waals surface area contributed by atoms with Gasteiger partial charge in [0.05, 0.1) is 16.9 Å². The highest BCUT2D eigenvalue weighted by molar-refractivity contribution is 6.28. The summed E-state index contributed by atoms with van der Waals surface area (Å²) in [4.78, 5) is 13.4.